The number of allylic oxidation sites excluding steroid dienone is 6. The smallest absolute Gasteiger partial charge is 0.198 e. The van der Waals surface area contributed by atoms with Crippen molar-refractivity contribution in [3.8, 4) is 0 Å². The molecular formula is C29H23NO3. The van der Waals surface area contributed by atoms with Crippen molar-refractivity contribution in [2.45, 2.75) is 6.92 Å². The SMILES string of the molecule is CC1=CC(=C2C(=O)c3cc4ccccc4cc3C2=O)C=C(C=Cc2ccc(N(C)C)cc2)O1. The van der Waals surface area contributed by atoms with E-state index in [1.165, 1.54) is 0 Å². The highest BCUT2D eigenvalue weighted by molar-refractivity contribution is 6.41. The van der Waals surface area contributed by atoms with Gasteiger partial charge in [-0.25, -0.2) is 0 Å². The average molecular weight is 434 g/mol. The molecule has 33 heavy (non-hydrogen) atoms. The predicted octanol–water partition coefficient (Wildman–Crippen LogP) is 6.11. The molecule has 162 valence electrons. The van der Waals surface area contributed by atoms with Crippen molar-refractivity contribution in [1.29, 1.82) is 0 Å². The van der Waals surface area contributed by atoms with Crippen LogP contribution in [0.3, 0.4) is 0 Å². The number of Topliss-reactive ketones (excluding diaryl/α,β-unsaturated/α-hetero) is 2. The monoisotopic (exact) mass is 433 g/mol. The molecule has 0 aromatic heterocycles. The summed E-state index contributed by atoms with van der Waals surface area (Å²) in [7, 11) is 4.00. The van der Waals surface area contributed by atoms with Crippen LogP contribution < -0.4 is 4.90 Å². The minimum absolute atomic E-state index is 0.198. The number of nitrogens with zero attached hydrogens (tertiary/aromatic N) is 1. The first-order chi connectivity index (χ1) is 15.9. The number of fused-ring (bicyclic) bond motifs is 2. The maximum Gasteiger partial charge on any atom is 0.198 e. The number of ketones is 2. The summed E-state index contributed by atoms with van der Waals surface area (Å²) in [6.07, 6.45) is 7.31. The maximum atomic E-state index is 13.2. The van der Waals surface area contributed by atoms with Gasteiger partial charge in [0.2, 0.25) is 0 Å². The highest BCUT2D eigenvalue weighted by Gasteiger charge is 2.35. The maximum absolute atomic E-state index is 13.2. The fourth-order valence-electron chi connectivity index (χ4n) is 4.20. The fourth-order valence-corrected chi connectivity index (χ4v) is 4.20. The number of rotatable bonds is 3. The highest BCUT2D eigenvalue weighted by Crippen LogP contribution is 2.34. The first-order valence-electron chi connectivity index (χ1n) is 10.8. The normalized spacial score (nSPS) is 15.6. The van der Waals surface area contributed by atoms with Gasteiger partial charge in [-0.2, -0.15) is 0 Å². The third kappa shape index (κ3) is 3.80. The summed E-state index contributed by atoms with van der Waals surface area (Å²) >= 11 is 0. The zero-order valence-corrected chi connectivity index (χ0v) is 18.8. The van der Waals surface area contributed by atoms with E-state index in [4.69, 9.17) is 4.74 Å². The van der Waals surface area contributed by atoms with Gasteiger partial charge in [0.25, 0.3) is 0 Å². The Kier molecular flexibility index (Phi) is 5.06. The first kappa shape index (κ1) is 20.7. The Hall–Kier alpha value is -4.18. The van der Waals surface area contributed by atoms with E-state index in [0.717, 1.165) is 22.0 Å². The summed E-state index contributed by atoms with van der Waals surface area (Å²) in [5.74, 6) is 0.737. The van der Waals surface area contributed by atoms with Crippen LogP contribution in [0, 0.1) is 0 Å². The van der Waals surface area contributed by atoms with Crippen LogP contribution >= 0.6 is 0 Å². The van der Waals surface area contributed by atoms with Gasteiger partial charge in [0.05, 0.1) is 5.57 Å². The van der Waals surface area contributed by atoms with Crippen LogP contribution in [0.1, 0.15) is 33.2 Å². The van der Waals surface area contributed by atoms with E-state index in [-0.39, 0.29) is 17.1 Å². The Bertz CT molecular complexity index is 1380. The van der Waals surface area contributed by atoms with E-state index in [1.807, 2.05) is 98.7 Å². The third-order valence-electron chi connectivity index (χ3n) is 5.90. The Balaban J connectivity index is 1.51. The van der Waals surface area contributed by atoms with Gasteiger partial charge < -0.3 is 9.64 Å². The molecule has 0 fully saturated rings. The van der Waals surface area contributed by atoms with Gasteiger partial charge in [0.15, 0.2) is 11.6 Å². The second kappa shape index (κ2) is 8.06. The van der Waals surface area contributed by atoms with Gasteiger partial charge >= 0.3 is 0 Å². The summed E-state index contributed by atoms with van der Waals surface area (Å²) in [6, 6.07) is 19.5. The lowest BCUT2D eigenvalue weighted by Crippen LogP contribution is -2.07. The second-order valence-electron chi connectivity index (χ2n) is 8.46. The average Bonchev–Trinajstić information content (AvgIpc) is 3.05. The standard InChI is InChI=1S/C29H23NO3/c1-18-14-22(15-24(33-18)13-10-19-8-11-23(12-9-19)30(2)3)27-28(31)25-16-20-6-4-5-7-21(20)17-26(25)29(27)32/h4-17H,1-3H3. The van der Waals surface area contributed by atoms with Crippen molar-refractivity contribution in [1.82, 2.24) is 0 Å². The number of carbonyl (C=O) groups excluding carboxylic acids is 2. The third-order valence-corrected chi connectivity index (χ3v) is 5.90. The number of hydrogen-bond acceptors (Lipinski definition) is 4. The van der Waals surface area contributed by atoms with E-state index in [1.54, 1.807) is 12.2 Å². The molecule has 5 rings (SSSR count). The largest absolute Gasteiger partial charge is 0.462 e. The van der Waals surface area contributed by atoms with Crippen LogP contribution in [0.15, 0.2) is 102 Å². The van der Waals surface area contributed by atoms with Crippen LogP contribution in [0.5, 0.6) is 0 Å². The molecular weight excluding hydrogens is 410 g/mol. The molecule has 1 heterocycles. The molecule has 0 atom stereocenters. The molecule has 2 aliphatic rings. The Morgan fingerprint density at radius 1 is 0.788 bits per heavy atom. The Morgan fingerprint density at radius 3 is 1.97 bits per heavy atom. The molecule has 0 saturated heterocycles. The van der Waals surface area contributed by atoms with Gasteiger partial charge in [0.1, 0.15) is 11.5 Å². The first-order valence-corrected chi connectivity index (χ1v) is 10.8. The highest BCUT2D eigenvalue weighted by atomic mass is 16.5. The van der Waals surface area contributed by atoms with Gasteiger partial charge in [0, 0.05) is 30.9 Å². The van der Waals surface area contributed by atoms with Crippen LogP contribution in [-0.2, 0) is 4.74 Å². The molecule has 1 aliphatic carbocycles. The van der Waals surface area contributed by atoms with E-state index in [9.17, 15) is 9.59 Å². The quantitative estimate of drug-likeness (QED) is 0.369. The summed E-state index contributed by atoms with van der Waals surface area (Å²) in [4.78, 5) is 28.5. The number of carbonyl (C=O) groups is 2. The van der Waals surface area contributed by atoms with Crippen molar-refractivity contribution in [2.24, 2.45) is 0 Å². The lowest BCUT2D eigenvalue weighted by atomic mass is 10.0. The molecule has 4 nitrogen and oxygen atoms in total. The molecule has 0 saturated carbocycles. The van der Waals surface area contributed by atoms with Crippen molar-refractivity contribution < 1.29 is 14.3 Å². The number of ether oxygens (including phenoxy) is 1. The zero-order valence-electron chi connectivity index (χ0n) is 18.8. The van der Waals surface area contributed by atoms with Crippen LogP contribution in [0.25, 0.3) is 16.8 Å². The van der Waals surface area contributed by atoms with Gasteiger partial charge in [-0.3, -0.25) is 9.59 Å². The van der Waals surface area contributed by atoms with Crippen molar-refractivity contribution in [3.05, 3.63) is 118 Å². The Morgan fingerprint density at radius 2 is 1.39 bits per heavy atom. The van der Waals surface area contributed by atoms with Crippen molar-refractivity contribution >= 4 is 34.1 Å². The number of benzene rings is 3. The van der Waals surface area contributed by atoms with E-state index < -0.39 is 0 Å². The molecule has 3 aromatic rings. The minimum atomic E-state index is -0.236. The van der Waals surface area contributed by atoms with E-state index in [0.29, 0.717) is 28.2 Å². The summed E-state index contributed by atoms with van der Waals surface area (Å²) in [6.45, 7) is 1.82. The molecule has 3 aromatic carbocycles. The second-order valence-corrected chi connectivity index (χ2v) is 8.46. The molecule has 0 unspecified atom stereocenters. The number of hydrogen-bond donors (Lipinski definition) is 0. The van der Waals surface area contributed by atoms with Crippen molar-refractivity contribution in [2.75, 3.05) is 19.0 Å². The minimum Gasteiger partial charge on any atom is -0.462 e. The fraction of sp³-hybridized carbons (Fsp3) is 0.103. The molecule has 0 amide bonds. The van der Waals surface area contributed by atoms with Gasteiger partial charge in [-0.15, -0.1) is 0 Å². The lowest BCUT2D eigenvalue weighted by molar-refractivity contribution is 0.0988. The van der Waals surface area contributed by atoms with Gasteiger partial charge in [-0.05, 0) is 71.3 Å². The Labute approximate surface area is 192 Å². The van der Waals surface area contributed by atoms with E-state index >= 15 is 0 Å². The molecule has 0 spiro atoms. The van der Waals surface area contributed by atoms with Crippen LogP contribution in [0.4, 0.5) is 5.69 Å². The summed E-state index contributed by atoms with van der Waals surface area (Å²) < 4.78 is 5.84. The zero-order chi connectivity index (χ0) is 23.1. The topological polar surface area (TPSA) is 46.6 Å². The lowest BCUT2D eigenvalue weighted by Gasteiger charge is -2.14. The van der Waals surface area contributed by atoms with Crippen LogP contribution in [0.2, 0.25) is 0 Å². The van der Waals surface area contributed by atoms with Gasteiger partial charge in [-0.1, -0.05) is 42.5 Å². The van der Waals surface area contributed by atoms with Crippen molar-refractivity contribution in [3.63, 3.8) is 0 Å². The summed E-state index contributed by atoms with van der Waals surface area (Å²) in [5, 5.41) is 1.89. The summed E-state index contributed by atoms with van der Waals surface area (Å²) in [5.41, 5.74) is 3.85. The van der Waals surface area contributed by atoms with E-state index in [2.05, 4.69) is 0 Å². The molecule has 4 heteroatoms. The predicted molar refractivity (Wildman–Crippen MR) is 132 cm³/mol. The molecule has 0 N–H and O–H groups in total. The molecule has 1 aliphatic heterocycles. The molecule has 0 radical (unpaired) electrons. The number of anilines is 1. The molecule has 0 bridgehead atoms. The van der Waals surface area contributed by atoms with Crippen LogP contribution in [-0.4, -0.2) is 25.7 Å².